The summed E-state index contributed by atoms with van der Waals surface area (Å²) >= 11 is 0. The Bertz CT molecular complexity index is 220. The standard InChI is InChI=1S/C15H33N3/c1-6-9-14(16-5)15(7-2)18-11-10-17(8-3)13(4)12-18/h13-16H,6-12H2,1-5H3. The summed E-state index contributed by atoms with van der Waals surface area (Å²) in [4.78, 5) is 5.31. The van der Waals surface area contributed by atoms with Crippen LogP contribution in [0.25, 0.3) is 0 Å². The fraction of sp³-hybridized carbons (Fsp3) is 1.00. The van der Waals surface area contributed by atoms with Gasteiger partial charge in [-0.2, -0.15) is 0 Å². The van der Waals surface area contributed by atoms with Crippen LogP contribution in [0.4, 0.5) is 0 Å². The van der Waals surface area contributed by atoms with Crippen molar-refractivity contribution in [2.75, 3.05) is 33.2 Å². The van der Waals surface area contributed by atoms with Crippen molar-refractivity contribution in [1.29, 1.82) is 0 Å². The first-order valence-corrected chi connectivity index (χ1v) is 7.83. The van der Waals surface area contributed by atoms with Crippen molar-refractivity contribution in [3.05, 3.63) is 0 Å². The van der Waals surface area contributed by atoms with E-state index < -0.39 is 0 Å². The molecule has 3 heteroatoms. The van der Waals surface area contributed by atoms with E-state index in [1.165, 1.54) is 45.4 Å². The molecule has 0 saturated carbocycles. The summed E-state index contributed by atoms with van der Waals surface area (Å²) in [6.45, 7) is 14.2. The van der Waals surface area contributed by atoms with Crippen LogP contribution in [0, 0.1) is 0 Å². The summed E-state index contributed by atoms with van der Waals surface area (Å²) in [5, 5.41) is 3.54. The zero-order valence-corrected chi connectivity index (χ0v) is 13.1. The van der Waals surface area contributed by atoms with Crippen LogP contribution < -0.4 is 5.32 Å². The molecule has 1 aliphatic rings. The minimum atomic E-state index is 0.653. The van der Waals surface area contributed by atoms with Crippen molar-refractivity contribution >= 4 is 0 Å². The van der Waals surface area contributed by atoms with Crippen LogP contribution in [0.1, 0.15) is 47.0 Å². The van der Waals surface area contributed by atoms with Gasteiger partial charge in [-0.3, -0.25) is 9.80 Å². The van der Waals surface area contributed by atoms with Crippen LogP contribution in [0.2, 0.25) is 0 Å². The van der Waals surface area contributed by atoms with E-state index in [1.807, 2.05) is 0 Å². The fourth-order valence-corrected chi connectivity index (χ4v) is 3.43. The quantitative estimate of drug-likeness (QED) is 0.752. The van der Waals surface area contributed by atoms with E-state index in [-0.39, 0.29) is 0 Å². The molecule has 108 valence electrons. The first-order valence-electron chi connectivity index (χ1n) is 7.83. The third-order valence-electron chi connectivity index (χ3n) is 4.52. The highest BCUT2D eigenvalue weighted by atomic mass is 15.3. The molecule has 1 heterocycles. The zero-order valence-electron chi connectivity index (χ0n) is 13.1. The van der Waals surface area contributed by atoms with Crippen LogP contribution in [0.15, 0.2) is 0 Å². The maximum Gasteiger partial charge on any atom is 0.0247 e. The molecular formula is C15H33N3. The predicted molar refractivity (Wildman–Crippen MR) is 80.1 cm³/mol. The van der Waals surface area contributed by atoms with Gasteiger partial charge in [-0.25, -0.2) is 0 Å². The minimum Gasteiger partial charge on any atom is -0.315 e. The van der Waals surface area contributed by atoms with E-state index in [0.29, 0.717) is 18.1 Å². The molecule has 18 heavy (non-hydrogen) atoms. The number of hydrogen-bond donors (Lipinski definition) is 1. The van der Waals surface area contributed by atoms with Gasteiger partial charge in [-0.1, -0.05) is 27.2 Å². The third kappa shape index (κ3) is 3.94. The van der Waals surface area contributed by atoms with Gasteiger partial charge in [-0.05, 0) is 33.4 Å². The van der Waals surface area contributed by atoms with Crippen LogP contribution >= 0.6 is 0 Å². The summed E-state index contributed by atoms with van der Waals surface area (Å²) in [7, 11) is 2.12. The lowest BCUT2D eigenvalue weighted by Gasteiger charge is -2.45. The Balaban J connectivity index is 2.60. The van der Waals surface area contributed by atoms with Crippen LogP contribution in [0.3, 0.4) is 0 Å². The molecule has 0 amide bonds. The number of hydrogen-bond acceptors (Lipinski definition) is 3. The molecule has 1 fully saturated rings. The number of nitrogens with zero attached hydrogens (tertiary/aromatic N) is 2. The van der Waals surface area contributed by atoms with Crippen molar-refractivity contribution in [3.63, 3.8) is 0 Å². The second-order valence-electron chi connectivity index (χ2n) is 5.63. The number of nitrogens with one attached hydrogen (secondary N) is 1. The zero-order chi connectivity index (χ0) is 13.5. The Morgan fingerprint density at radius 2 is 1.94 bits per heavy atom. The number of rotatable bonds is 7. The van der Waals surface area contributed by atoms with Gasteiger partial charge in [0.1, 0.15) is 0 Å². The van der Waals surface area contributed by atoms with Crippen molar-refractivity contribution in [1.82, 2.24) is 15.1 Å². The molecule has 0 aliphatic carbocycles. The molecule has 1 rings (SSSR count). The van der Waals surface area contributed by atoms with Gasteiger partial charge in [0.25, 0.3) is 0 Å². The molecule has 3 nitrogen and oxygen atoms in total. The normalized spacial score (nSPS) is 26.2. The number of likely N-dealkylation sites (N-methyl/N-ethyl adjacent to an activating group) is 2. The van der Waals surface area contributed by atoms with Gasteiger partial charge in [0, 0.05) is 37.8 Å². The van der Waals surface area contributed by atoms with E-state index in [2.05, 4.69) is 49.9 Å². The Kier molecular flexibility index (Phi) is 7.20. The Morgan fingerprint density at radius 1 is 1.22 bits per heavy atom. The molecule has 0 radical (unpaired) electrons. The van der Waals surface area contributed by atoms with Crippen LogP contribution in [0.5, 0.6) is 0 Å². The third-order valence-corrected chi connectivity index (χ3v) is 4.52. The van der Waals surface area contributed by atoms with Crippen molar-refractivity contribution in [2.45, 2.75) is 65.1 Å². The highest BCUT2D eigenvalue weighted by Gasteiger charge is 2.30. The monoisotopic (exact) mass is 255 g/mol. The molecule has 1 N–H and O–H groups in total. The maximum absolute atomic E-state index is 3.54. The summed E-state index contributed by atoms with van der Waals surface area (Å²) in [6.07, 6.45) is 3.81. The molecule has 0 aromatic heterocycles. The second kappa shape index (κ2) is 8.13. The van der Waals surface area contributed by atoms with Gasteiger partial charge >= 0.3 is 0 Å². The average molecular weight is 255 g/mol. The van der Waals surface area contributed by atoms with Crippen molar-refractivity contribution in [2.24, 2.45) is 0 Å². The summed E-state index contributed by atoms with van der Waals surface area (Å²) in [5.74, 6) is 0. The molecule has 0 bridgehead atoms. The van der Waals surface area contributed by atoms with Crippen LogP contribution in [-0.4, -0.2) is 61.2 Å². The highest BCUT2D eigenvalue weighted by molar-refractivity contribution is 4.88. The number of piperazine rings is 1. The molecule has 0 spiro atoms. The lowest BCUT2D eigenvalue weighted by molar-refractivity contribution is 0.0438. The molecule has 0 aromatic rings. The molecule has 1 aliphatic heterocycles. The van der Waals surface area contributed by atoms with Crippen LogP contribution in [-0.2, 0) is 0 Å². The molecule has 0 aromatic carbocycles. The molecule has 3 unspecified atom stereocenters. The van der Waals surface area contributed by atoms with Crippen molar-refractivity contribution in [3.8, 4) is 0 Å². The first kappa shape index (κ1) is 15.9. The lowest BCUT2D eigenvalue weighted by Crippen LogP contribution is -2.58. The minimum absolute atomic E-state index is 0.653. The SMILES string of the molecule is CCCC(NC)C(CC)N1CCN(CC)C(C)C1. The lowest BCUT2D eigenvalue weighted by atomic mass is 9.97. The van der Waals surface area contributed by atoms with E-state index in [4.69, 9.17) is 0 Å². The summed E-state index contributed by atoms with van der Waals surface area (Å²) in [6, 6.07) is 2.06. The summed E-state index contributed by atoms with van der Waals surface area (Å²) in [5.41, 5.74) is 0. The highest BCUT2D eigenvalue weighted by Crippen LogP contribution is 2.18. The Hall–Kier alpha value is -0.120. The molecular weight excluding hydrogens is 222 g/mol. The fourth-order valence-electron chi connectivity index (χ4n) is 3.43. The van der Waals surface area contributed by atoms with E-state index in [9.17, 15) is 0 Å². The molecule has 3 atom stereocenters. The van der Waals surface area contributed by atoms with Gasteiger partial charge in [-0.15, -0.1) is 0 Å². The van der Waals surface area contributed by atoms with Gasteiger partial charge in [0.2, 0.25) is 0 Å². The van der Waals surface area contributed by atoms with Gasteiger partial charge in [0.05, 0.1) is 0 Å². The Labute approximate surface area is 114 Å². The Morgan fingerprint density at radius 3 is 2.39 bits per heavy atom. The smallest absolute Gasteiger partial charge is 0.0247 e. The second-order valence-corrected chi connectivity index (χ2v) is 5.63. The summed E-state index contributed by atoms with van der Waals surface area (Å²) < 4.78 is 0. The topological polar surface area (TPSA) is 18.5 Å². The van der Waals surface area contributed by atoms with E-state index in [0.717, 1.165) is 0 Å². The van der Waals surface area contributed by atoms with E-state index >= 15 is 0 Å². The average Bonchev–Trinajstić information content (AvgIpc) is 2.38. The largest absolute Gasteiger partial charge is 0.315 e. The van der Waals surface area contributed by atoms with Gasteiger partial charge in [0.15, 0.2) is 0 Å². The van der Waals surface area contributed by atoms with E-state index in [1.54, 1.807) is 0 Å². The first-order chi connectivity index (χ1) is 8.67. The predicted octanol–water partition coefficient (Wildman–Crippen LogP) is 2.18. The van der Waals surface area contributed by atoms with Gasteiger partial charge < -0.3 is 5.32 Å². The van der Waals surface area contributed by atoms with Crippen molar-refractivity contribution < 1.29 is 0 Å². The molecule has 1 saturated heterocycles. The maximum atomic E-state index is 3.54.